The minimum Gasteiger partial charge on any atom is -0.508 e. The van der Waals surface area contributed by atoms with Gasteiger partial charge in [-0.3, -0.25) is 0 Å². The lowest BCUT2D eigenvalue weighted by atomic mass is 10.0. The van der Waals surface area contributed by atoms with Crippen LogP contribution in [0.3, 0.4) is 0 Å². The standard InChI is InChI=1S/C10H15NO.C9H13NO2/c1-8(11-2)10(12)9-6-4-3-5-7-9;1-6(10)9(12)7-3-2-4-8(11)5-7/h3-8,10-12H,1-2H3;2-6,9,11-12H,10H2,1H3/t8-,10-;6-,9-/m00/s1. The summed E-state index contributed by atoms with van der Waals surface area (Å²) in [7, 11) is 1.84. The van der Waals surface area contributed by atoms with E-state index in [9.17, 15) is 10.2 Å². The van der Waals surface area contributed by atoms with Crippen LogP contribution in [0.4, 0.5) is 0 Å². The molecule has 0 aliphatic heterocycles. The number of hydrogen-bond acceptors (Lipinski definition) is 5. The molecule has 5 nitrogen and oxygen atoms in total. The van der Waals surface area contributed by atoms with E-state index in [0.29, 0.717) is 5.56 Å². The molecule has 0 radical (unpaired) electrons. The summed E-state index contributed by atoms with van der Waals surface area (Å²) in [6, 6.07) is 15.9. The molecule has 0 bridgehead atoms. The largest absolute Gasteiger partial charge is 0.508 e. The van der Waals surface area contributed by atoms with Crippen molar-refractivity contribution in [2.75, 3.05) is 7.05 Å². The van der Waals surface area contributed by atoms with E-state index in [0.717, 1.165) is 5.56 Å². The van der Waals surface area contributed by atoms with Gasteiger partial charge >= 0.3 is 0 Å². The lowest BCUT2D eigenvalue weighted by Gasteiger charge is -2.17. The summed E-state index contributed by atoms with van der Waals surface area (Å²) in [5.41, 5.74) is 7.09. The number of nitrogens with one attached hydrogen (secondary N) is 1. The van der Waals surface area contributed by atoms with Crippen LogP contribution in [-0.2, 0) is 0 Å². The molecule has 4 atom stereocenters. The summed E-state index contributed by atoms with van der Waals surface area (Å²) in [5, 5.41) is 31.3. The smallest absolute Gasteiger partial charge is 0.115 e. The number of aliphatic hydroxyl groups excluding tert-OH is 2. The van der Waals surface area contributed by atoms with Crippen LogP contribution in [0.25, 0.3) is 0 Å². The van der Waals surface area contributed by atoms with E-state index in [1.54, 1.807) is 25.1 Å². The summed E-state index contributed by atoms with van der Waals surface area (Å²) in [6.07, 6.45) is -1.13. The first kappa shape index (κ1) is 20.1. The highest BCUT2D eigenvalue weighted by Gasteiger charge is 2.13. The zero-order chi connectivity index (χ0) is 18.1. The highest BCUT2D eigenvalue weighted by Crippen LogP contribution is 2.19. The number of benzene rings is 2. The maximum Gasteiger partial charge on any atom is 0.115 e. The number of aliphatic hydroxyl groups is 2. The average molecular weight is 332 g/mol. The summed E-state index contributed by atoms with van der Waals surface area (Å²) >= 11 is 0. The van der Waals surface area contributed by atoms with Crippen LogP contribution in [-0.4, -0.2) is 34.5 Å². The summed E-state index contributed by atoms with van der Waals surface area (Å²) < 4.78 is 0. The molecule has 0 unspecified atom stereocenters. The maximum atomic E-state index is 9.73. The van der Waals surface area contributed by atoms with Crippen LogP contribution in [0, 0.1) is 0 Å². The van der Waals surface area contributed by atoms with Crippen LogP contribution >= 0.6 is 0 Å². The number of hydrogen-bond donors (Lipinski definition) is 5. The first-order chi connectivity index (χ1) is 11.4. The van der Waals surface area contributed by atoms with Gasteiger partial charge < -0.3 is 26.4 Å². The van der Waals surface area contributed by atoms with Crippen molar-refractivity contribution >= 4 is 0 Å². The summed E-state index contributed by atoms with van der Waals surface area (Å²) in [4.78, 5) is 0. The summed E-state index contributed by atoms with van der Waals surface area (Å²) in [6.45, 7) is 3.67. The van der Waals surface area contributed by atoms with Gasteiger partial charge in [0.25, 0.3) is 0 Å². The van der Waals surface area contributed by atoms with E-state index in [2.05, 4.69) is 5.32 Å². The first-order valence-corrected chi connectivity index (χ1v) is 7.99. The Kier molecular flexibility index (Phi) is 8.43. The van der Waals surface area contributed by atoms with Crippen LogP contribution in [0.2, 0.25) is 0 Å². The van der Waals surface area contributed by atoms with Crippen molar-refractivity contribution in [2.24, 2.45) is 5.73 Å². The molecule has 0 aliphatic rings. The van der Waals surface area contributed by atoms with E-state index in [1.807, 2.05) is 44.3 Å². The molecule has 0 heterocycles. The van der Waals surface area contributed by atoms with E-state index < -0.39 is 12.2 Å². The fourth-order valence-electron chi connectivity index (χ4n) is 2.11. The molecule has 6 N–H and O–H groups in total. The van der Waals surface area contributed by atoms with Crippen molar-refractivity contribution in [3.8, 4) is 5.75 Å². The van der Waals surface area contributed by atoms with Gasteiger partial charge in [-0.05, 0) is 44.2 Å². The second-order valence-electron chi connectivity index (χ2n) is 5.83. The molecule has 0 aliphatic carbocycles. The van der Waals surface area contributed by atoms with Crippen LogP contribution in [0.1, 0.15) is 37.2 Å². The Labute approximate surface area is 143 Å². The third-order valence-electron chi connectivity index (χ3n) is 3.78. The second kappa shape index (κ2) is 10.1. The van der Waals surface area contributed by atoms with E-state index in [1.165, 1.54) is 6.07 Å². The van der Waals surface area contributed by atoms with Crippen LogP contribution < -0.4 is 11.1 Å². The molecular formula is C19H28N2O3. The van der Waals surface area contributed by atoms with E-state index >= 15 is 0 Å². The summed E-state index contributed by atoms with van der Waals surface area (Å²) in [5.74, 6) is 0.146. The quantitative estimate of drug-likeness (QED) is 0.577. The molecule has 2 aromatic rings. The molecule has 0 saturated heterocycles. The van der Waals surface area contributed by atoms with Gasteiger partial charge in [0.15, 0.2) is 0 Å². The minimum atomic E-state index is -0.711. The Hall–Kier alpha value is -1.92. The molecular weight excluding hydrogens is 304 g/mol. The predicted molar refractivity (Wildman–Crippen MR) is 96.6 cm³/mol. The van der Waals surface area contributed by atoms with Crippen molar-refractivity contribution < 1.29 is 15.3 Å². The van der Waals surface area contributed by atoms with Crippen LogP contribution in [0.15, 0.2) is 54.6 Å². The monoisotopic (exact) mass is 332 g/mol. The van der Waals surface area contributed by atoms with Crippen molar-refractivity contribution in [2.45, 2.75) is 38.1 Å². The van der Waals surface area contributed by atoms with Gasteiger partial charge in [0, 0.05) is 12.1 Å². The Balaban J connectivity index is 0.000000240. The fourth-order valence-corrected chi connectivity index (χ4v) is 2.11. The van der Waals surface area contributed by atoms with Gasteiger partial charge in [0.1, 0.15) is 5.75 Å². The Morgan fingerprint density at radius 3 is 1.96 bits per heavy atom. The molecule has 2 aromatic carbocycles. The molecule has 2 rings (SSSR count). The third kappa shape index (κ3) is 6.29. The molecule has 0 aromatic heterocycles. The van der Waals surface area contributed by atoms with Gasteiger partial charge in [-0.1, -0.05) is 42.5 Å². The Morgan fingerprint density at radius 1 is 0.875 bits per heavy atom. The number of phenolic OH excluding ortho intramolecular Hbond substituents is 1. The molecule has 24 heavy (non-hydrogen) atoms. The van der Waals surface area contributed by atoms with Crippen molar-refractivity contribution in [1.82, 2.24) is 5.32 Å². The van der Waals surface area contributed by atoms with Crippen molar-refractivity contribution in [1.29, 1.82) is 0 Å². The third-order valence-corrected chi connectivity index (χ3v) is 3.78. The molecule has 132 valence electrons. The predicted octanol–water partition coefficient (Wildman–Crippen LogP) is 2.10. The van der Waals surface area contributed by atoms with E-state index in [4.69, 9.17) is 10.8 Å². The lowest BCUT2D eigenvalue weighted by Crippen LogP contribution is -2.28. The van der Waals surface area contributed by atoms with Gasteiger partial charge in [0.05, 0.1) is 12.2 Å². The number of nitrogens with two attached hydrogens (primary N) is 1. The lowest BCUT2D eigenvalue weighted by molar-refractivity contribution is 0.140. The van der Waals surface area contributed by atoms with Gasteiger partial charge in [-0.2, -0.15) is 0 Å². The molecule has 0 spiro atoms. The van der Waals surface area contributed by atoms with Crippen molar-refractivity contribution in [3.05, 3.63) is 65.7 Å². The number of phenols is 1. The average Bonchev–Trinajstić information content (AvgIpc) is 2.61. The SMILES string of the molecule is CN[C@@H](C)[C@H](O)c1ccccc1.C[C@H](N)[C@H](O)c1cccc(O)c1. The minimum absolute atomic E-state index is 0.0902. The van der Waals surface area contributed by atoms with Gasteiger partial charge in [-0.15, -0.1) is 0 Å². The molecule has 0 saturated carbocycles. The van der Waals surface area contributed by atoms with Gasteiger partial charge in [0.2, 0.25) is 0 Å². The molecule has 5 heteroatoms. The normalized spacial score (nSPS) is 15.6. The topological polar surface area (TPSA) is 98.7 Å². The Bertz CT molecular complexity index is 590. The number of likely N-dealkylation sites (N-methyl/N-ethyl adjacent to an activating group) is 1. The fraction of sp³-hybridized carbons (Fsp3) is 0.368. The number of rotatable bonds is 5. The zero-order valence-corrected chi connectivity index (χ0v) is 14.4. The maximum absolute atomic E-state index is 9.73. The Morgan fingerprint density at radius 2 is 1.46 bits per heavy atom. The molecule has 0 amide bonds. The highest BCUT2D eigenvalue weighted by molar-refractivity contribution is 5.29. The van der Waals surface area contributed by atoms with Gasteiger partial charge in [-0.25, -0.2) is 0 Å². The van der Waals surface area contributed by atoms with Crippen LogP contribution in [0.5, 0.6) is 5.75 Å². The first-order valence-electron chi connectivity index (χ1n) is 7.99. The zero-order valence-electron chi connectivity index (χ0n) is 14.4. The highest BCUT2D eigenvalue weighted by atomic mass is 16.3. The van der Waals surface area contributed by atoms with Crippen molar-refractivity contribution in [3.63, 3.8) is 0 Å². The second-order valence-corrected chi connectivity index (χ2v) is 5.83. The molecule has 0 fully saturated rings. The number of aromatic hydroxyl groups is 1. The van der Waals surface area contributed by atoms with E-state index in [-0.39, 0.29) is 17.8 Å².